The Morgan fingerprint density at radius 3 is 2.86 bits per heavy atom. The molecule has 0 aromatic carbocycles. The van der Waals surface area contributed by atoms with Crippen LogP contribution in [0.2, 0.25) is 0 Å². The number of nitrogens with one attached hydrogen (secondary N) is 1. The van der Waals surface area contributed by atoms with Crippen molar-refractivity contribution in [1.29, 1.82) is 0 Å². The first kappa shape index (κ1) is 14.9. The van der Waals surface area contributed by atoms with Crippen molar-refractivity contribution in [3.63, 3.8) is 0 Å². The maximum Gasteiger partial charge on any atom is 0.150 e. The lowest BCUT2D eigenvalue weighted by atomic mass is 9.91. The summed E-state index contributed by atoms with van der Waals surface area (Å²) in [7, 11) is 0. The van der Waals surface area contributed by atoms with Gasteiger partial charge in [-0.05, 0) is 25.2 Å². The molecular weight excluding hydrogens is 268 g/mol. The molecule has 0 amide bonds. The van der Waals surface area contributed by atoms with Crippen molar-refractivity contribution in [3.8, 4) is 0 Å². The lowest BCUT2D eigenvalue weighted by Crippen LogP contribution is -2.46. The van der Waals surface area contributed by atoms with E-state index in [0.29, 0.717) is 6.04 Å². The maximum absolute atomic E-state index is 5.70. The highest BCUT2D eigenvalue weighted by Gasteiger charge is 2.27. The van der Waals surface area contributed by atoms with Crippen molar-refractivity contribution in [1.82, 2.24) is 20.1 Å². The van der Waals surface area contributed by atoms with Gasteiger partial charge in [0.1, 0.15) is 11.6 Å². The highest BCUT2D eigenvalue weighted by molar-refractivity contribution is 4.91. The van der Waals surface area contributed by atoms with E-state index in [9.17, 15) is 0 Å². The summed E-state index contributed by atoms with van der Waals surface area (Å²) < 4.78 is 11.2. The molecule has 0 aliphatic carbocycles. The van der Waals surface area contributed by atoms with Gasteiger partial charge in [-0.25, -0.2) is 4.98 Å². The quantitative estimate of drug-likeness (QED) is 0.889. The molecule has 0 radical (unpaired) electrons. The third-order valence-electron chi connectivity index (χ3n) is 4.54. The van der Waals surface area contributed by atoms with E-state index in [1.165, 1.54) is 19.3 Å². The van der Waals surface area contributed by atoms with E-state index >= 15 is 0 Å². The summed E-state index contributed by atoms with van der Waals surface area (Å²) in [6.45, 7) is 7.40. The van der Waals surface area contributed by atoms with Gasteiger partial charge in [0.2, 0.25) is 0 Å². The number of hydrogen-bond acceptors (Lipinski definition) is 5. The van der Waals surface area contributed by atoms with Crippen molar-refractivity contribution >= 4 is 0 Å². The Morgan fingerprint density at radius 2 is 2.10 bits per heavy atom. The van der Waals surface area contributed by atoms with Crippen LogP contribution in [0.4, 0.5) is 0 Å². The van der Waals surface area contributed by atoms with Crippen LogP contribution >= 0.6 is 0 Å². The second-order valence-electron chi connectivity index (χ2n) is 6.04. The molecule has 3 rings (SSSR count). The summed E-state index contributed by atoms with van der Waals surface area (Å²) in [4.78, 5) is 7.03. The van der Waals surface area contributed by atoms with Crippen LogP contribution in [-0.2, 0) is 22.4 Å². The van der Waals surface area contributed by atoms with Crippen molar-refractivity contribution in [2.24, 2.45) is 5.92 Å². The van der Waals surface area contributed by atoms with Gasteiger partial charge >= 0.3 is 0 Å². The Labute approximate surface area is 126 Å². The van der Waals surface area contributed by atoms with E-state index in [-0.39, 0.29) is 0 Å². The van der Waals surface area contributed by atoms with E-state index < -0.39 is 0 Å². The van der Waals surface area contributed by atoms with Gasteiger partial charge in [-0.1, -0.05) is 6.92 Å². The third-order valence-corrected chi connectivity index (χ3v) is 4.54. The molecule has 2 saturated heterocycles. The van der Waals surface area contributed by atoms with Crippen molar-refractivity contribution in [2.75, 3.05) is 33.0 Å². The zero-order valence-electron chi connectivity index (χ0n) is 12.9. The predicted molar refractivity (Wildman–Crippen MR) is 78.9 cm³/mol. The molecule has 2 fully saturated rings. The van der Waals surface area contributed by atoms with E-state index in [1.54, 1.807) is 0 Å². The van der Waals surface area contributed by atoms with Gasteiger partial charge < -0.3 is 9.47 Å². The minimum Gasteiger partial charge on any atom is -0.381 e. The standard InChI is InChI=1S/C15H26N4O2/c1-2-14-16-15(18-17-14)10-19-5-8-21-11-13(19)9-12-3-6-20-7-4-12/h12-13H,2-11H2,1H3,(H,16,17,18). The average molecular weight is 294 g/mol. The van der Waals surface area contributed by atoms with Crippen LogP contribution in [0, 0.1) is 5.92 Å². The fraction of sp³-hybridized carbons (Fsp3) is 0.867. The summed E-state index contributed by atoms with van der Waals surface area (Å²) in [5.74, 6) is 2.65. The van der Waals surface area contributed by atoms with Gasteiger partial charge in [-0.15, -0.1) is 0 Å². The lowest BCUT2D eigenvalue weighted by Gasteiger charge is -2.37. The second-order valence-corrected chi connectivity index (χ2v) is 6.04. The van der Waals surface area contributed by atoms with Crippen molar-refractivity contribution in [2.45, 2.75) is 45.2 Å². The molecule has 2 aliphatic rings. The summed E-state index contributed by atoms with van der Waals surface area (Å²) >= 11 is 0. The number of ether oxygens (including phenoxy) is 2. The Morgan fingerprint density at radius 1 is 1.24 bits per heavy atom. The van der Waals surface area contributed by atoms with E-state index in [2.05, 4.69) is 27.0 Å². The number of H-pyrrole nitrogens is 1. The summed E-state index contributed by atoms with van der Waals surface area (Å²) in [6, 6.07) is 0.497. The van der Waals surface area contributed by atoms with Crippen LogP contribution in [0.3, 0.4) is 0 Å². The second kappa shape index (κ2) is 7.33. The highest BCUT2D eigenvalue weighted by Crippen LogP contribution is 2.24. The zero-order chi connectivity index (χ0) is 14.5. The van der Waals surface area contributed by atoms with Gasteiger partial charge in [0, 0.05) is 32.2 Å². The maximum atomic E-state index is 5.70. The summed E-state index contributed by atoms with van der Waals surface area (Å²) in [5.41, 5.74) is 0. The van der Waals surface area contributed by atoms with Crippen molar-refractivity contribution < 1.29 is 9.47 Å². The fourth-order valence-corrected chi connectivity index (χ4v) is 3.24. The van der Waals surface area contributed by atoms with E-state index in [0.717, 1.165) is 63.5 Å². The first-order chi connectivity index (χ1) is 10.3. The molecule has 1 unspecified atom stereocenters. The molecule has 0 saturated carbocycles. The fourth-order valence-electron chi connectivity index (χ4n) is 3.24. The van der Waals surface area contributed by atoms with Gasteiger partial charge in [0.15, 0.2) is 0 Å². The van der Waals surface area contributed by atoms with Crippen molar-refractivity contribution in [3.05, 3.63) is 11.6 Å². The number of morpholine rings is 1. The number of aromatic nitrogens is 3. The molecule has 1 aromatic heterocycles. The first-order valence-corrected chi connectivity index (χ1v) is 8.15. The van der Waals surface area contributed by atoms with Gasteiger partial charge in [-0.3, -0.25) is 10.00 Å². The molecule has 1 N–H and O–H groups in total. The minimum atomic E-state index is 0.497. The Kier molecular flexibility index (Phi) is 5.22. The number of rotatable bonds is 5. The van der Waals surface area contributed by atoms with Crippen LogP contribution in [0.5, 0.6) is 0 Å². The van der Waals surface area contributed by atoms with Gasteiger partial charge in [0.25, 0.3) is 0 Å². The highest BCUT2D eigenvalue weighted by atomic mass is 16.5. The predicted octanol–water partition coefficient (Wildman–Crippen LogP) is 1.38. The summed E-state index contributed by atoms with van der Waals surface area (Å²) in [5, 5.41) is 7.29. The molecule has 1 atom stereocenters. The molecule has 6 heteroatoms. The molecule has 1 aromatic rings. The monoisotopic (exact) mass is 294 g/mol. The minimum absolute atomic E-state index is 0.497. The third kappa shape index (κ3) is 4.02. The van der Waals surface area contributed by atoms with E-state index in [4.69, 9.17) is 9.47 Å². The molecule has 118 valence electrons. The molecule has 21 heavy (non-hydrogen) atoms. The van der Waals surface area contributed by atoms with E-state index in [1.807, 2.05) is 0 Å². The lowest BCUT2D eigenvalue weighted by molar-refractivity contribution is -0.0299. The average Bonchev–Trinajstić information content (AvgIpc) is 2.98. The first-order valence-electron chi connectivity index (χ1n) is 8.15. The number of nitrogens with zero attached hydrogens (tertiary/aromatic N) is 3. The Balaban J connectivity index is 1.57. The van der Waals surface area contributed by atoms with Crippen LogP contribution in [0.15, 0.2) is 0 Å². The smallest absolute Gasteiger partial charge is 0.150 e. The van der Waals surface area contributed by atoms with Crippen LogP contribution < -0.4 is 0 Å². The Bertz CT molecular complexity index is 431. The van der Waals surface area contributed by atoms with Gasteiger partial charge in [-0.2, -0.15) is 5.10 Å². The molecular formula is C15H26N4O2. The largest absolute Gasteiger partial charge is 0.381 e. The normalized spacial score (nSPS) is 25.3. The number of aryl methyl sites for hydroxylation is 1. The molecule has 3 heterocycles. The van der Waals surface area contributed by atoms with Crippen LogP contribution in [0.25, 0.3) is 0 Å². The van der Waals surface area contributed by atoms with Crippen LogP contribution in [0.1, 0.15) is 37.8 Å². The molecule has 6 nitrogen and oxygen atoms in total. The van der Waals surface area contributed by atoms with Crippen LogP contribution in [-0.4, -0.2) is 59.1 Å². The molecule has 0 bridgehead atoms. The Hall–Kier alpha value is -0.980. The number of hydrogen-bond donors (Lipinski definition) is 1. The summed E-state index contributed by atoms with van der Waals surface area (Å²) in [6.07, 6.45) is 4.46. The topological polar surface area (TPSA) is 63.3 Å². The van der Waals surface area contributed by atoms with Gasteiger partial charge in [0.05, 0.1) is 19.8 Å². The number of aromatic amines is 1. The molecule has 0 spiro atoms. The zero-order valence-corrected chi connectivity index (χ0v) is 12.9. The molecule has 2 aliphatic heterocycles. The SMILES string of the molecule is CCc1n[nH]c(CN2CCOCC2CC2CCOCC2)n1.